The van der Waals surface area contributed by atoms with E-state index in [1.807, 2.05) is 20.8 Å². The molecule has 33 heavy (non-hydrogen) atoms. The zero-order valence-corrected chi connectivity index (χ0v) is 18.9. The highest BCUT2D eigenvalue weighted by Crippen LogP contribution is 2.39. The van der Waals surface area contributed by atoms with E-state index in [0.29, 0.717) is 59.7 Å². The topological polar surface area (TPSA) is 98.8 Å². The second-order valence-electron chi connectivity index (χ2n) is 6.77. The number of carbonyl (C=O) groups excluding carboxylic acids is 2. The van der Waals surface area contributed by atoms with Gasteiger partial charge >= 0.3 is 0 Å². The van der Waals surface area contributed by atoms with Gasteiger partial charge in [0.05, 0.1) is 31.1 Å². The average molecular weight is 450 g/mol. The standard InChI is InChI=1S/C25H27N3O5/c1-4-31-20-15-17(16-21(32-5-2)23(20)33-6-3)24(29)27-19-12-8-7-11-18(19)25(30)28-22-13-9-10-14-26-22/h7-16H,4-6H2,1-3H3,(H,27,29)(H,26,28,30). The van der Waals surface area contributed by atoms with E-state index in [-0.39, 0.29) is 5.91 Å². The van der Waals surface area contributed by atoms with Gasteiger partial charge in [-0.1, -0.05) is 18.2 Å². The predicted molar refractivity (Wildman–Crippen MR) is 127 cm³/mol. The first-order valence-electron chi connectivity index (χ1n) is 10.8. The molecule has 3 rings (SSSR count). The van der Waals surface area contributed by atoms with Crippen molar-refractivity contribution in [3.63, 3.8) is 0 Å². The minimum absolute atomic E-state index is 0.303. The summed E-state index contributed by atoms with van der Waals surface area (Å²) in [7, 11) is 0. The third-order valence-electron chi connectivity index (χ3n) is 4.50. The van der Waals surface area contributed by atoms with Crippen LogP contribution in [-0.4, -0.2) is 36.6 Å². The van der Waals surface area contributed by atoms with Crippen LogP contribution in [0.2, 0.25) is 0 Å². The third-order valence-corrected chi connectivity index (χ3v) is 4.50. The Morgan fingerprint density at radius 3 is 2.03 bits per heavy atom. The lowest BCUT2D eigenvalue weighted by atomic mass is 10.1. The summed E-state index contributed by atoms with van der Waals surface area (Å²) in [4.78, 5) is 30.0. The highest BCUT2D eigenvalue weighted by Gasteiger charge is 2.20. The average Bonchev–Trinajstić information content (AvgIpc) is 2.82. The van der Waals surface area contributed by atoms with Crippen LogP contribution >= 0.6 is 0 Å². The fraction of sp³-hybridized carbons (Fsp3) is 0.240. The van der Waals surface area contributed by atoms with Crippen molar-refractivity contribution < 1.29 is 23.8 Å². The second-order valence-corrected chi connectivity index (χ2v) is 6.77. The molecule has 1 heterocycles. The number of ether oxygens (including phenoxy) is 3. The fourth-order valence-electron chi connectivity index (χ4n) is 3.12. The molecule has 0 saturated heterocycles. The Kier molecular flexibility index (Phi) is 8.24. The summed E-state index contributed by atoms with van der Waals surface area (Å²) < 4.78 is 17.1. The fourth-order valence-corrected chi connectivity index (χ4v) is 3.12. The Bertz CT molecular complexity index is 1080. The van der Waals surface area contributed by atoms with Crippen LogP contribution in [0.1, 0.15) is 41.5 Å². The summed E-state index contributed by atoms with van der Waals surface area (Å²) in [5, 5.41) is 5.54. The molecule has 0 aliphatic rings. The minimum atomic E-state index is -0.418. The van der Waals surface area contributed by atoms with Gasteiger partial charge in [-0.25, -0.2) is 4.98 Å². The molecule has 0 radical (unpaired) electrons. The van der Waals surface area contributed by atoms with Crippen LogP contribution in [-0.2, 0) is 0 Å². The molecule has 0 bridgehead atoms. The maximum atomic E-state index is 13.1. The van der Waals surface area contributed by atoms with E-state index in [2.05, 4.69) is 15.6 Å². The molecular weight excluding hydrogens is 422 g/mol. The van der Waals surface area contributed by atoms with Gasteiger partial charge in [-0.2, -0.15) is 0 Å². The molecule has 0 atom stereocenters. The molecule has 2 N–H and O–H groups in total. The number of nitrogens with one attached hydrogen (secondary N) is 2. The van der Waals surface area contributed by atoms with Crippen molar-refractivity contribution in [2.45, 2.75) is 20.8 Å². The molecule has 3 aromatic rings. The summed E-state index contributed by atoms with van der Waals surface area (Å²) in [5.74, 6) is 0.887. The Labute approximate surface area is 192 Å². The minimum Gasteiger partial charge on any atom is -0.490 e. The monoisotopic (exact) mass is 449 g/mol. The molecule has 0 saturated carbocycles. The van der Waals surface area contributed by atoms with Gasteiger partial charge in [0.15, 0.2) is 11.5 Å². The largest absolute Gasteiger partial charge is 0.490 e. The molecule has 172 valence electrons. The van der Waals surface area contributed by atoms with Crippen LogP contribution in [0, 0.1) is 0 Å². The van der Waals surface area contributed by atoms with Gasteiger partial charge in [0.2, 0.25) is 5.75 Å². The summed E-state index contributed by atoms with van der Waals surface area (Å²) in [6.07, 6.45) is 1.58. The van der Waals surface area contributed by atoms with Crippen LogP contribution in [0.25, 0.3) is 0 Å². The SMILES string of the molecule is CCOc1cc(C(=O)Nc2ccccc2C(=O)Nc2ccccn2)cc(OCC)c1OCC. The van der Waals surface area contributed by atoms with Crippen LogP contribution < -0.4 is 24.8 Å². The van der Waals surface area contributed by atoms with Gasteiger partial charge in [-0.15, -0.1) is 0 Å². The van der Waals surface area contributed by atoms with Gasteiger partial charge in [0, 0.05) is 11.8 Å². The number of aromatic nitrogens is 1. The van der Waals surface area contributed by atoms with Crippen LogP contribution in [0.4, 0.5) is 11.5 Å². The summed E-state index contributed by atoms with van der Waals surface area (Å²) in [6, 6.07) is 15.2. The van der Waals surface area contributed by atoms with Crippen molar-refractivity contribution in [3.05, 3.63) is 71.9 Å². The van der Waals surface area contributed by atoms with E-state index < -0.39 is 5.91 Å². The highest BCUT2D eigenvalue weighted by molar-refractivity contribution is 6.12. The van der Waals surface area contributed by atoms with E-state index in [1.54, 1.807) is 60.8 Å². The molecule has 0 aliphatic heterocycles. The summed E-state index contributed by atoms with van der Waals surface area (Å²) >= 11 is 0. The normalized spacial score (nSPS) is 10.3. The van der Waals surface area contributed by atoms with E-state index in [0.717, 1.165) is 0 Å². The van der Waals surface area contributed by atoms with E-state index >= 15 is 0 Å². The van der Waals surface area contributed by atoms with Crippen LogP contribution in [0.5, 0.6) is 17.2 Å². The maximum Gasteiger partial charge on any atom is 0.258 e. The maximum absolute atomic E-state index is 13.1. The lowest BCUT2D eigenvalue weighted by Gasteiger charge is -2.17. The third kappa shape index (κ3) is 6.00. The number of carbonyl (C=O) groups is 2. The number of para-hydroxylation sites is 1. The number of benzene rings is 2. The van der Waals surface area contributed by atoms with Gasteiger partial charge in [-0.05, 0) is 57.2 Å². The van der Waals surface area contributed by atoms with Crippen molar-refractivity contribution in [1.29, 1.82) is 0 Å². The van der Waals surface area contributed by atoms with Gasteiger partial charge < -0.3 is 24.8 Å². The smallest absolute Gasteiger partial charge is 0.258 e. The number of amides is 2. The summed E-state index contributed by atoms with van der Waals surface area (Å²) in [6.45, 7) is 6.77. The molecular formula is C25H27N3O5. The number of pyridine rings is 1. The Balaban J connectivity index is 1.89. The predicted octanol–water partition coefficient (Wildman–Crippen LogP) is 4.78. The molecule has 0 aliphatic carbocycles. The van der Waals surface area contributed by atoms with Gasteiger partial charge in [0.25, 0.3) is 11.8 Å². The Morgan fingerprint density at radius 2 is 1.42 bits per heavy atom. The number of rotatable bonds is 10. The highest BCUT2D eigenvalue weighted by atomic mass is 16.5. The first-order chi connectivity index (χ1) is 16.1. The molecule has 1 aromatic heterocycles. The Hall–Kier alpha value is -4.07. The molecule has 0 spiro atoms. The van der Waals surface area contributed by atoms with Crippen LogP contribution in [0.3, 0.4) is 0 Å². The zero-order chi connectivity index (χ0) is 23.6. The molecule has 0 fully saturated rings. The quantitative estimate of drug-likeness (QED) is 0.462. The van der Waals surface area contributed by atoms with Crippen molar-refractivity contribution in [2.24, 2.45) is 0 Å². The lowest BCUT2D eigenvalue weighted by molar-refractivity contribution is 0.102. The lowest BCUT2D eigenvalue weighted by Crippen LogP contribution is -2.19. The molecule has 2 aromatic carbocycles. The molecule has 0 unspecified atom stereocenters. The van der Waals surface area contributed by atoms with E-state index in [4.69, 9.17) is 14.2 Å². The number of hydrogen-bond acceptors (Lipinski definition) is 6. The molecule has 8 nitrogen and oxygen atoms in total. The Morgan fingerprint density at radius 1 is 0.788 bits per heavy atom. The number of hydrogen-bond donors (Lipinski definition) is 2. The van der Waals surface area contributed by atoms with E-state index in [1.165, 1.54) is 0 Å². The van der Waals surface area contributed by atoms with E-state index in [9.17, 15) is 9.59 Å². The number of nitrogens with zero attached hydrogens (tertiary/aromatic N) is 1. The van der Waals surface area contributed by atoms with Gasteiger partial charge in [-0.3, -0.25) is 9.59 Å². The molecule has 2 amide bonds. The van der Waals surface area contributed by atoms with Crippen molar-refractivity contribution >= 4 is 23.3 Å². The van der Waals surface area contributed by atoms with Crippen LogP contribution in [0.15, 0.2) is 60.8 Å². The van der Waals surface area contributed by atoms with Crippen molar-refractivity contribution in [3.8, 4) is 17.2 Å². The van der Waals surface area contributed by atoms with Crippen molar-refractivity contribution in [1.82, 2.24) is 4.98 Å². The van der Waals surface area contributed by atoms with Crippen molar-refractivity contribution in [2.75, 3.05) is 30.5 Å². The molecule has 8 heteroatoms. The first kappa shape index (κ1) is 23.6. The summed E-state index contributed by atoms with van der Waals surface area (Å²) in [5.41, 5.74) is 0.975. The van der Waals surface area contributed by atoms with Gasteiger partial charge in [0.1, 0.15) is 5.82 Å². The second kappa shape index (κ2) is 11.5. The first-order valence-corrected chi connectivity index (χ1v) is 10.8. The number of anilines is 2. The zero-order valence-electron chi connectivity index (χ0n) is 18.9.